The molecule has 2 fully saturated rings. The van der Waals surface area contributed by atoms with Gasteiger partial charge in [0.25, 0.3) is 0 Å². The largest absolute Gasteiger partial charge is 0.493 e. The molecule has 1 amide bonds. The molecular weight excluding hydrogens is 550 g/mol. The number of hydrogen-bond donors (Lipinski definition) is 0. The molecule has 1 unspecified atom stereocenters. The Hall–Kier alpha value is -2.98. The van der Waals surface area contributed by atoms with Crippen molar-refractivity contribution in [2.45, 2.75) is 63.8 Å². The number of rotatable bonds is 11. The van der Waals surface area contributed by atoms with E-state index in [0.717, 1.165) is 73.5 Å². The van der Waals surface area contributed by atoms with Crippen LogP contribution in [0.3, 0.4) is 0 Å². The molecule has 1 saturated carbocycles. The van der Waals surface area contributed by atoms with Gasteiger partial charge in [-0.25, -0.2) is 18.4 Å². The van der Waals surface area contributed by atoms with E-state index in [1.165, 1.54) is 25.5 Å². The van der Waals surface area contributed by atoms with Crippen molar-refractivity contribution in [2.75, 3.05) is 45.8 Å². The maximum atomic E-state index is 13.2. The van der Waals surface area contributed by atoms with Crippen molar-refractivity contribution in [3.63, 3.8) is 0 Å². The van der Waals surface area contributed by atoms with E-state index in [0.29, 0.717) is 30.9 Å². The number of carbonyl (C=O) groups excluding carboxylic acids is 1. The second-order valence-electron chi connectivity index (χ2n) is 12.3. The highest BCUT2D eigenvalue weighted by molar-refractivity contribution is 7.90. The van der Waals surface area contributed by atoms with Gasteiger partial charge < -0.3 is 19.1 Å². The molecule has 3 heterocycles. The Labute approximate surface area is 250 Å². The van der Waals surface area contributed by atoms with Gasteiger partial charge in [-0.2, -0.15) is 0 Å². The summed E-state index contributed by atoms with van der Waals surface area (Å²) in [4.78, 5) is 27.1. The van der Waals surface area contributed by atoms with Crippen LogP contribution in [0.4, 0.5) is 0 Å². The van der Waals surface area contributed by atoms with Crippen LogP contribution in [-0.4, -0.2) is 90.5 Å². The summed E-state index contributed by atoms with van der Waals surface area (Å²) in [6, 6.07) is 10.3. The van der Waals surface area contributed by atoms with Gasteiger partial charge in [0.1, 0.15) is 27.2 Å². The topological polar surface area (TPSA) is 97.6 Å². The Kier molecular flexibility index (Phi) is 9.83. The molecule has 0 N–H and O–H groups in total. The van der Waals surface area contributed by atoms with Crippen LogP contribution in [0.25, 0.3) is 16.7 Å². The monoisotopic (exact) mass is 595 g/mol. The van der Waals surface area contributed by atoms with Gasteiger partial charge in [0.2, 0.25) is 5.91 Å². The summed E-state index contributed by atoms with van der Waals surface area (Å²) >= 11 is 0. The highest BCUT2D eigenvalue weighted by Crippen LogP contribution is 2.33. The zero-order valence-electron chi connectivity index (χ0n) is 25.2. The molecule has 1 aliphatic carbocycles. The molecule has 0 radical (unpaired) electrons. The van der Waals surface area contributed by atoms with Crippen LogP contribution in [-0.2, 0) is 21.1 Å². The minimum absolute atomic E-state index is 0.112. The maximum Gasteiger partial charge on any atom is 0.225 e. The molecule has 3 aromatic rings. The fourth-order valence-electron chi connectivity index (χ4n) is 6.55. The molecule has 0 bridgehead atoms. The SMILES string of the molecule is CN(CC1CCCCN1C)C(=O)C1CCC(Cc2nccc(-n3ccc4c(OCCCS(C)(=O)=O)cccc43)n2)CC1. The van der Waals surface area contributed by atoms with Crippen molar-refractivity contribution in [3.8, 4) is 11.6 Å². The summed E-state index contributed by atoms with van der Waals surface area (Å²) < 4.78 is 30.8. The maximum absolute atomic E-state index is 13.2. The van der Waals surface area contributed by atoms with E-state index in [1.54, 1.807) is 0 Å². The number of amides is 1. The van der Waals surface area contributed by atoms with Crippen LogP contribution in [0.2, 0.25) is 0 Å². The van der Waals surface area contributed by atoms with Gasteiger partial charge in [0, 0.05) is 56.0 Å². The van der Waals surface area contributed by atoms with Gasteiger partial charge in [-0.1, -0.05) is 12.5 Å². The Balaban J connectivity index is 1.16. The number of ether oxygens (including phenoxy) is 1. The fraction of sp³-hybridized carbons (Fsp3) is 0.594. The van der Waals surface area contributed by atoms with Crippen LogP contribution in [0.15, 0.2) is 42.7 Å². The zero-order chi connectivity index (χ0) is 29.7. The Morgan fingerprint density at radius 2 is 1.90 bits per heavy atom. The van der Waals surface area contributed by atoms with Gasteiger partial charge in [0.15, 0.2) is 0 Å². The van der Waals surface area contributed by atoms with Crippen LogP contribution in [0.5, 0.6) is 5.75 Å². The Bertz CT molecular complexity index is 1460. The quantitative estimate of drug-likeness (QED) is 0.301. The van der Waals surface area contributed by atoms with E-state index in [2.05, 4.69) is 16.9 Å². The average Bonchev–Trinajstić information content (AvgIpc) is 3.41. The first-order valence-corrected chi connectivity index (χ1v) is 17.4. The number of piperidine rings is 1. The third kappa shape index (κ3) is 7.69. The first-order valence-electron chi connectivity index (χ1n) is 15.4. The van der Waals surface area contributed by atoms with Crippen LogP contribution >= 0.6 is 0 Å². The molecule has 2 aliphatic rings. The normalized spacial score (nSPS) is 21.8. The predicted octanol–water partition coefficient (Wildman–Crippen LogP) is 4.53. The molecule has 42 heavy (non-hydrogen) atoms. The summed E-state index contributed by atoms with van der Waals surface area (Å²) in [5.74, 6) is 3.40. The van der Waals surface area contributed by atoms with E-state index < -0.39 is 9.84 Å². The summed E-state index contributed by atoms with van der Waals surface area (Å²) in [7, 11) is 1.16. The highest BCUT2D eigenvalue weighted by atomic mass is 32.2. The van der Waals surface area contributed by atoms with Crippen molar-refractivity contribution in [1.29, 1.82) is 0 Å². The standard InChI is InChI=1S/C32H45N5O4S/c1-35-18-5-4-8-26(35)23-36(2)32(38)25-13-11-24(12-14-25)22-30-33-17-15-31(34-30)37-19-16-27-28(37)9-6-10-29(27)41-20-7-21-42(3,39)40/h6,9-10,15-17,19,24-26H,4-5,7-8,11-14,18,20-23H2,1-3H3. The van der Waals surface area contributed by atoms with E-state index in [4.69, 9.17) is 9.72 Å². The molecule has 1 atom stereocenters. The second kappa shape index (κ2) is 13.5. The van der Waals surface area contributed by atoms with Crippen molar-refractivity contribution < 1.29 is 17.9 Å². The minimum atomic E-state index is -3.00. The number of likely N-dealkylation sites (N-methyl/N-ethyl adjacent to an activating group) is 2. The number of nitrogens with zero attached hydrogens (tertiary/aromatic N) is 5. The second-order valence-corrected chi connectivity index (χ2v) is 14.6. The molecule has 0 spiro atoms. The van der Waals surface area contributed by atoms with Gasteiger partial charge in [-0.3, -0.25) is 4.79 Å². The lowest BCUT2D eigenvalue weighted by molar-refractivity contribution is -0.136. The first kappa shape index (κ1) is 30.5. The molecule has 228 valence electrons. The van der Waals surface area contributed by atoms with Crippen molar-refractivity contribution in [1.82, 2.24) is 24.3 Å². The highest BCUT2D eigenvalue weighted by Gasteiger charge is 2.30. The molecular formula is C32H45N5O4S. The van der Waals surface area contributed by atoms with Crippen molar-refractivity contribution in [2.24, 2.45) is 11.8 Å². The number of sulfone groups is 1. The Morgan fingerprint density at radius 1 is 1.10 bits per heavy atom. The predicted molar refractivity (Wildman–Crippen MR) is 166 cm³/mol. The van der Waals surface area contributed by atoms with Gasteiger partial charge in [0.05, 0.1) is 17.9 Å². The molecule has 1 aliphatic heterocycles. The molecule has 2 aromatic heterocycles. The van der Waals surface area contributed by atoms with Gasteiger partial charge >= 0.3 is 0 Å². The third-order valence-electron chi connectivity index (χ3n) is 9.00. The van der Waals surface area contributed by atoms with E-state index in [-0.39, 0.29) is 11.7 Å². The van der Waals surface area contributed by atoms with Gasteiger partial charge in [-0.15, -0.1) is 0 Å². The lowest BCUT2D eigenvalue weighted by Crippen LogP contribution is -2.46. The minimum Gasteiger partial charge on any atom is -0.493 e. The van der Waals surface area contributed by atoms with Crippen molar-refractivity contribution >= 4 is 26.6 Å². The molecule has 1 aromatic carbocycles. The summed E-state index contributed by atoms with van der Waals surface area (Å²) in [5, 5.41) is 0.958. The average molecular weight is 596 g/mol. The smallest absolute Gasteiger partial charge is 0.225 e. The summed E-state index contributed by atoms with van der Waals surface area (Å²) in [6.07, 6.45) is 13.9. The summed E-state index contributed by atoms with van der Waals surface area (Å²) in [6.45, 7) is 2.31. The van der Waals surface area contributed by atoms with E-state index in [9.17, 15) is 13.2 Å². The van der Waals surface area contributed by atoms with Crippen LogP contribution < -0.4 is 4.74 Å². The number of aromatic nitrogens is 3. The third-order valence-corrected chi connectivity index (χ3v) is 10.0. The lowest BCUT2D eigenvalue weighted by Gasteiger charge is -2.37. The van der Waals surface area contributed by atoms with Crippen LogP contribution in [0, 0.1) is 11.8 Å². The number of hydrogen-bond acceptors (Lipinski definition) is 7. The van der Waals surface area contributed by atoms with E-state index in [1.807, 2.05) is 59.2 Å². The molecule has 1 saturated heterocycles. The molecule has 9 nitrogen and oxygen atoms in total. The zero-order valence-corrected chi connectivity index (χ0v) is 26.1. The number of carbonyl (C=O) groups is 1. The first-order chi connectivity index (χ1) is 20.2. The Morgan fingerprint density at radius 3 is 2.67 bits per heavy atom. The van der Waals surface area contributed by atoms with Gasteiger partial charge in [-0.05, 0) is 88.7 Å². The molecule has 5 rings (SSSR count). The number of fused-ring (bicyclic) bond motifs is 1. The molecule has 10 heteroatoms. The van der Waals surface area contributed by atoms with Crippen LogP contribution in [0.1, 0.15) is 57.2 Å². The summed E-state index contributed by atoms with van der Waals surface area (Å²) in [5.41, 5.74) is 0.975. The number of benzene rings is 1. The lowest BCUT2D eigenvalue weighted by atomic mass is 9.79. The van der Waals surface area contributed by atoms with Crippen molar-refractivity contribution in [3.05, 3.63) is 48.5 Å². The van der Waals surface area contributed by atoms with E-state index >= 15 is 0 Å². The number of likely N-dealkylation sites (tertiary alicyclic amines) is 1. The fourth-order valence-corrected chi connectivity index (χ4v) is 7.20.